The zero-order chi connectivity index (χ0) is 18.2. The number of ether oxygens (including phenoxy) is 1. The van der Waals surface area contributed by atoms with Crippen molar-refractivity contribution >= 4 is 5.91 Å². The Morgan fingerprint density at radius 2 is 1.77 bits per heavy atom. The van der Waals surface area contributed by atoms with Crippen LogP contribution in [-0.4, -0.2) is 25.6 Å². The van der Waals surface area contributed by atoms with Gasteiger partial charge in [0.2, 0.25) is 0 Å². The molecule has 1 saturated heterocycles. The SMILES string of the molecule is N#Cc1ccccc1OCC(=O)NCc1ccccc1C[NH+]1CCCC1. The minimum Gasteiger partial charge on any atom is -0.482 e. The maximum Gasteiger partial charge on any atom is 0.258 e. The molecule has 134 valence electrons. The Kier molecular flexibility index (Phi) is 6.24. The summed E-state index contributed by atoms with van der Waals surface area (Å²) in [6, 6.07) is 17.2. The number of quaternary nitrogens is 1. The van der Waals surface area contributed by atoms with Crippen LogP contribution in [0.3, 0.4) is 0 Å². The minimum atomic E-state index is -0.193. The molecule has 0 saturated carbocycles. The number of carbonyl (C=O) groups is 1. The van der Waals surface area contributed by atoms with Crippen LogP contribution in [0.5, 0.6) is 5.75 Å². The van der Waals surface area contributed by atoms with E-state index >= 15 is 0 Å². The third-order valence-electron chi connectivity index (χ3n) is 4.71. The molecule has 1 amide bonds. The largest absolute Gasteiger partial charge is 0.482 e. The van der Waals surface area contributed by atoms with E-state index < -0.39 is 0 Å². The molecule has 2 N–H and O–H groups in total. The molecule has 0 aromatic heterocycles. The van der Waals surface area contributed by atoms with Gasteiger partial charge in [-0.3, -0.25) is 4.79 Å². The zero-order valence-corrected chi connectivity index (χ0v) is 14.8. The molecular weight excluding hydrogens is 326 g/mol. The topological polar surface area (TPSA) is 66.6 Å². The van der Waals surface area contributed by atoms with Crippen molar-refractivity contribution in [3.8, 4) is 11.8 Å². The maximum absolute atomic E-state index is 12.1. The standard InChI is InChI=1S/C21H23N3O2/c22-13-17-7-3-4-10-20(17)26-16-21(25)23-14-18-8-1-2-9-19(18)15-24-11-5-6-12-24/h1-4,7-10H,5-6,11-12,14-16H2,(H,23,25)/p+1. The lowest BCUT2D eigenvalue weighted by molar-refractivity contribution is -0.901. The van der Waals surface area contributed by atoms with E-state index in [1.165, 1.54) is 31.5 Å². The Hall–Kier alpha value is -2.84. The predicted octanol–water partition coefficient (Wildman–Crippen LogP) is 1.43. The van der Waals surface area contributed by atoms with Gasteiger partial charge in [0.15, 0.2) is 6.61 Å². The molecule has 5 nitrogen and oxygen atoms in total. The van der Waals surface area contributed by atoms with Crippen LogP contribution in [0.4, 0.5) is 0 Å². The van der Waals surface area contributed by atoms with Gasteiger partial charge < -0.3 is 15.0 Å². The summed E-state index contributed by atoms with van der Waals surface area (Å²) in [4.78, 5) is 13.7. The van der Waals surface area contributed by atoms with Crippen LogP contribution in [0, 0.1) is 11.3 Å². The summed E-state index contributed by atoms with van der Waals surface area (Å²) in [5, 5.41) is 12.0. The Labute approximate surface area is 154 Å². The van der Waals surface area contributed by atoms with Crippen molar-refractivity contribution in [1.29, 1.82) is 5.26 Å². The monoisotopic (exact) mass is 350 g/mol. The highest BCUT2D eigenvalue weighted by Gasteiger charge is 2.17. The van der Waals surface area contributed by atoms with Crippen molar-refractivity contribution in [3.63, 3.8) is 0 Å². The Balaban J connectivity index is 1.52. The van der Waals surface area contributed by atoms with E-state index in [1.807, 2.05) is 6.07 Å². The molecule has 1 heterocycles. The summed E-state index contributed by atoms with van der Waals surface area (Å²) in [6.45, 7) is 3.86. The number of benzene rings is 2. The molecular formula is C21H24N3O2+. The molecule has 2 aromatic carbocycles. The molecule has 2 aromatic rings. The second-order valence-corrected chi connectivity index (χ2v) is 6.58. The van der Waals surface area contributed by atoms with Gasteiger partial charge in [-0.2, -0.15) is 5.26 Å². The van der Waals surface area contributed by atoms with E-state index in [-0.39, 0.29) is 12.5 Å². The normalized spacial score (nSPS) is 14.0. The van der Waals surface area contributed by atoms with Gasteiger partial charge in [-0.1, -0.05) is 36.4 Å². The number of likely N-dealkylation sites (tertiary alicyclic amines) is 1. The lowest BCUT2D eigenvalue weighted by Crippen LogP contribution is -3.08. The fourth-order valence-electron chi connectivity index (χ4n) is 3.30. The molecule has 1 aliphatic heterocycles. The van der Waals surface area contributed by atoms with Crippen LogP contribution < -0.4 is 15.0 Å². The molecule has 0 spiro atoms. The van der Waals surface area contributed by atoms with Gasteiger partial charge in [0.05, 0.1) is 18.7 Å². The van der Waals surface area contributed by atoms with E-state index in [0.29, 0.717) is 17.9 Å². The van der Waals surface area contributed by atoms with Gasteiger partial charge in [0.25, 0.3) is 5.91 Å². The first-order valence-electron chi connectivity index (χ1n) is 9.05. The summed E-state index contributed by atoms with van der Waals surface area (Å²) in [5.74, 6) is 0.240. The van der Waals surface area contributed by atoms with Crippen LogP contribution in [0.1, 0.15) is 29.5 Å². The number of para-hydroxylation sites is 1. The number of nitrogens with one attached hydrogen (secondary N) is 2. The molecule has 0 bridgehead atoms. The van der Waals surface area contributed by atoms with Crippen molar-refractivity contribution in [2.75, 3.05) is 19.7 Å². The van der Waals surface area contributed by atoms with E-state index in [1.54, 1.807) is 29.2 Å². The van der Waals surface area contributed by atoms with Crippen molar-refractivity contribution in [2.24, 2.45) is 0 Å². The molecule has 3 rings (SSSR count). The van der Waals surface area contributed by atoms with Crippen molar-refractivity contribution in [1.82, 2.24) is 5.32 Å². The van der Waals surface area contributed by atoms with Gasteiger partial charge in [-0.25, -0.2) is 0 Å². The Morgan fingerprint density at radius 3 is 2.54 bits per heavy atom. The average molecular weight is 350 g/mol. The quantitative estimate of drug-likeness (QED) is 0.794. The minimum absolute atomic E-state index is 0.0990. The molecule has 1 aliphatic rings. The van der Waals surface area contributed by atoms with Gasteiger partial charge in [0.1, 0.15) is 18.4 Å². The average Bonchev–Trinajstić information content (AvgIpc) is 3.19. The zero-order valence-electron chi connectivity index (χ0n) is 14.8. The number of nitrogens with zero attached hydrogens (tertiary/aromatic N) is 1. The number of carbonyl (C=O) groups excluding carboxylic acids is 1. The van der Waals surface area contributed by atoms with Gasteiger partial charge in [0, 0.05) is 24.9 Å². The van der Waals surface area contributed by atoms with Crippen LogP contribution in [0.15, 0.2) is 48.5 Å². The first-order chi connectivity index (χ1) is 12.8. The fraction of sp³-hybridized carbons (Fsp3) is 0.333. The first kappa shape index (κ1) is 18.0. The summed E-state index contributed by atoms with van der Waals surface area (Å²) >= 11 is 0. The lowest BCUT2D eigenvalue weighted by Gasteiger charge is -2.15. The van der Waals surface area contributed by atoms with Gasteiger partial charge in [-0.15, -0.1) is 0 Å². The van der Waals surface area contributed by atoms with E-state index in [9.17, 15) is 4.79 Å². The predicted molar refractivity (Wildman–Crippen MR) is 98.6 cm³/mol. The smallest absolute Gasteiger partial charge is 0.258 e. The molecule has 1 fully saturated rings. The fourth-order valence-corrected chi connectivity index (χ4v) is 3.30. The molecule has 5 heteroatoms. The first-order valence-corrected chi connectivity index (χ1v) is 9.05. The summed E-state index contributed by atoms with van der Waals surface area (Å²) in [5.41, 5.74) is 2.87. The summed E-state index contributed by atoms with van der Waals surface area (Å²) < 4.78 is 5.48. The van der Waals surface area contributed by atoms with E-state index in [0.717, 1.165) is 12.1 Å². The summed E-state index contributed by atoms with van der Waals surface area (Å²) in [7, 11) is 0. The third kappa shape index (κ3) is 4.84. The van der Waals surface area contributed by atoms with Gasteiger partial charge in [-0.05, 0) is 17.7 Å². The van der Waals surface area contributed by atoms with Crippen molar-refractivity contribution in [3.05, 3.63) is 65.2 Å². The highest BCUT2D eigenvalue weighted by atomic mass is 16.5. The third-order valence-corrected chi connectivity index (χ3v) is 4.71. The Bertz CT molecular complexity index is 792. The molecule has 0 aliphatic carbocycles. The van der Waals surface area contributed by atoms with Crippen molar-refractivity contribution < 1.29 is 14.4 Å². The highest BCUT2D eigenvalue weighted by molar-refractivity contribution is 5.77. The van der Waals surface area contributed by atoms with Crippen LogP contribution in [0.25, 0.3) is 0 Å². The molecule has 26 heavy (non-hydrogen) atoms. The van der Waals surface area contributed by atoms with E-state index in [4.69, 9.17) is 10.00 Å². The Morgan fingerprint density at radius 1 is 1.08 bits per heavy atom. The number of amides is 1. The number of rotatable bonds is 7. The highest BCUT2D eigenvalue weighted by Crippen LogP contribution is 2.16. The molecule has 0 unspecified atom stereocenters. The number of hydrogen-bond acceptors (Lipinski definition) is 3. The molecule has 0 radical (unpaired) electrons. The number of hydrogen-bond donors (Lipinski definition) is 2. The summed E-state index contributed by atoms with van der Waals surface area (Å²) in [6.07, 6.45) is 2.60. The second kappa shape index (κ2) is 9.02. The van der Waals surface area contributed by atoms with Crippen molar-refractivity contribution in [2.45, 2.75) is 25.9 Å². The maximum atomic E-state index is 12.1. The molecule has 0 atom stereocenters. The van der Waals surface area contributed by atoms with E-state index in [2.05, 4.69) is 29.6 Å². The van der Waals surface area contributed by atoms with Gasteiger partial charge >= 0.3 is 0 Å². The second-order valence-electron chi connectivity index (χ2n) is 6.58. The number of nitriles is 1. The van der Waals surface area contributed by atoms with Crippen LogP contribution in [-0.2, 0) is 17.9 Å². The van der Waals surface area contributed by atoms with Crippen LogP contribution >= 0.6 is 0 Å². The van der Waals surface area contributed by atoms with Crippen LogP contribution in [0.2, 0.25) is 0 Å². The lowest BCUT2D eigenvalue weighted by atomic mass is 10.1.